The minimum Gasteiger partial charge on any atom is -0.220 e. The lowest BCUT2D eigenvalue weighted by Gasteiger charge is -2.59. The van der Waals surface area contributed by atoms with Gasteiger partial charge >= 0.3 is 0 Å². The van der Waals surface area contributed by atoms with Crippen LogP contribution < -0.4 is 4.57 Å². The maximum atomic E-state index is 4.58. The van der Waals surface area contributed by atoms with Crippen molar-refractivity contribution >= 4 is 0 Å². The molecule has 2 aromatic carbocycles. The second-order valence-electron chi connectivity index (χ2n) is 10.9. The summed E-state index contributed by atoms with van der Waals surface area (Å²) in [4.78, 5) is 0. The number of allylic oxidation sites excluding steroid dienone is 1. The van der Waals surface area contributed by atoms with Crippen LogP contribution in [0.4, 0.5) is 0 Å². The zero-order chi connectivity index (χ0) is 25.8. The minimum atomic E-state index is -0.0342. The van der Waals surface area contributed by atoms with Gasteiger partial charge in [0.05, 0.1) is 22.9 Å². The van der Waals surface area contributed by atoms with Crippen molar-refractivity contribution in [2.75, 3.05) is 0 Å². The van der Waals surface area contributed by atoms with Crippen LogP contribution in [-0.4, -0.2) is 15.0 Å². The number of nitrogens with zero attached hydrogens (tertiary/aromatic N) is 4. The Kier molecular flexibility index (Phi) is 5.67. The lowest BCUT2D eigenvalue weighted by Crippen LogP contribution is -2.76. The Morgan fingerprint density at radius 1 is 1.03 bits per heavy atom. The van der Waals surface area contributed by atoms with Crippen LogP contribution in [0.25, 0.3) is 28.2 Å². The van der Waals surface area contributed by atoms with Crippen LogP contribution in [0.5, 0.6) is 0 Å². The Hall–Kier alpha value is -3.53. The molecule has 2 unspecified atom stereocenters. The molecule has 0 saturated heterocycles. The maximum Gasteiger partial charge on any atom is 0.216 e. The second kappa shape index (κ2) is 8.79. The first-order valence-electron chi connectivity index (χ1n) is 13.9. The molecular weight excluding hydrogens is 452 g/mol. The van der Waals surface area contributed by atoms with E-state index in [1.807, 2.05) is 4.68 Å². The van der Waals surface area contributed by atoms with Crippen molar-refractivity contribution in [3.63, 3.8) is 0 Å². The summed E-state index contributed by atoms with van der Waals surface area (Å²) in [7, 11) is 0. The number of aromatic nitrogens is 4. The van der Waals surface area contributed by atoms with E-state index in [0.717, 1.165) is 42.6 Å². The summed E-state index contributed by atoms with van der Waals surface area (Å²) < 4.78 is 4.49. The van der Waals surface area contributed by atoms with Gasteiger partial charge in [0, 0.05) is 30.0 Å². The van der Waals surface area contributed by atoms with Gasteiger partial charge in [-0.1, -0.05) is 68.8 Å². The molecule has 2 aromatic heterocycles. The summed E-state index contributed by atoms with van der Waals surface area (Å²) >= 11 is 0. The highest BCUT2D eigenvalue weighted by Crippen LogP contribution is 2.64. The number of rotatable bonds is 7. The van der Waals surface area contributed by atoms with Gasteiger partial charge in [0.2, 0.25) is 5.69 Å². The summed E-state index contributed by atoms with van der Waals surface area (Å²) in [6, 6.07) is 20.0. The highest BCUT2D eigenvalue weighted by atomic mass is 15.4. The number of hydrogen-bond acceptors (Lipinski definition) is 2. The van der Waals surface area contributed by atoms with Crippen LogP contribution in [0, 0.1) is 6.92 Å². The zero-order valence-electron chi connectivity index (χ0n) is 22.6. The molecule has 188 valence electrons. The summed E-state index contributed by atoms with van der Waals surface area (Å²) in [5.74, 6) is 0. The van der Waals surface area contributed by atoms with Gasteiger partial charge in [-0.05, 0) is 61.6 Å². The molecule has 0 N–H and O–H groups in total. The molecule has 1 fully saturated rings. The third-order valence-corrected chi connectivity index (χ3v) is 9.19. The van der Waals surface area contributed by atoms with Gasteiger partial charge in [-0.25, -0.2) is 4.68 Å². The van der Waals surface area contributed by atoms with Crippen LogP contribution in [0.1, 0.15) is 69.6 Å². The molecule has 0 amide bonds. The van der Waals surface area contributed by atoms with E-state index in [2.05, 4.69) is 116 Å². The Morgan fingerprint density at radius 3 is 2.65 bits per heavy atom. The predicted molar refractivity (Wildman–Crippen MR) is 150 cm³/mol. The van der Waals surface area contributed by atoms with Gasteiger partial charge in [-0.2, -0.15) is 4.57 Å². The molecular formula is C33H37N4+. The number of benzene rings is 2. The second-order valence-corrected chi connectivity index (χ2v) is 10.9. The number of aryl methyl sites for hydroxylation is 2. The normalized spacial score (nSPS) is 21.7. The van der Waals surface area contributed by atoms with Crippen molar-refractivity contribution in [1.82, 2.24) is 15.0 Å². The minimum absolute atomic E-state index is 0.0342. The highest BCUT2D eigenvalue weighted by molar-refractivity contribution is 5.73. The number of unbranched alkanes of at least 4 members (excludes halogenated alkanes) is 1. The Bertz CT molecular complexity index is 1510. The standard InChI is InChI=1S/C33H37N4/c1-6-9-13-25-14-10-15-26(19-25)30-22-37(35-34-30)27-16-17-29-28(20-27)31-23(4)12-11-18-36(31)32(7-2)21-24(5)33(29,32)8-3/h10-12,14-20,22H,5-9,13,21H2,1-4H3/q+1. The Balaban J connectivity index is 1.46. The predicted octanol–water partition coefficient (Wildman–Crippen LogP) is 7.27. The molecule has 0 radical (unpaired) electrons. The average Bonchev–Trinajstić information content (AvgIpc) is 3.41. The van der Waals surface area contributed by atoms with Crippen molar-refractivity contribution in [1.29, 1.82) is 0 Å². The molecule has 4 nitrogen and oxygen atoms in total. The first-order valence-corrected chi connectivity index (χ1v) is 13.9. The van der Waals surface area contributed by atoms with Gasteiger partial charge in [0.1, 0.15) is 5.69 Å². The quantitative estimate of drug-likeness (QED) is 0.202. The van der Waals surface area contributed by atoms with Crippen LogP contribution in [0.3, 0.4) is 0 Å². The van der Waals surface area contributed by atoms with Crippen molar-refractivity contribution in [2.24, 2.45) is 0 Å². The lowest BCUT2D eigenvalue weighted by atomic mass is 9.44. The first-order chi connectivity index (χ1) is 18.0. The average molecular weight is 490 g/mol. The molecule has 1 aliphatic heterocycles. The van der Waals surface area contributed by atoms with Gasteiger partial charge in [-0.15, -0.1) is 5.10 Å². The number of pyridine rings is 1. The van der Waals surface area contributed by atoms with Crippen molar-refractivity contribution < 1.29 is 4.57 Å². The van der Waals surface area contributed by atoms with E-state index < -0.39 is 0 Å². The van der Waals surface area contributed by atoms with Crippen LogP contribution in [0.2, 0.25) is 0 Å². The van der Waals surface area contributed by atoms with E-state index in [1.165, 1.54) is 46.4 Å². The Morgan fingerprint density at radius 2 is 1.89 bits per heavy atom. The Labute approximate surface area is 220 Å². The van der Waals surface area contributed by atoms with E-state index in [1.54, 1.807) is 0 Å². The van der Waals surface area contributed by atoms with E-state index in [9.17, 15) is 0 Å². The largest absolute Gasteiger partial charge is 0.220 e. The van der Waals surface area contributed by atoms with Crippen molar-refractivity contribution in [3.05, 3.63) is 95.8 Å². The summed E-state index contributed by atoms with van der Waals surface area (Å²) in [5.41, 5.74) is 11.1. The molecule has 0 spiro atoms. The van der Waals surface area contributed by atoms with Crippen molar-refractivity contribution in [2.45, 2.75) is 77.2 Å². The maximum absolute atomic E-state index is 4.58. The fourth-order valence-electron chi connectivity index (χ4n) is 7.32. The van der Waals surface area contributed by atoms with Crippen LogP contribution in [0.15, 0.2) is 79.1 Å². The molecule has 2 aliphatic rings. The smallest absolute Gasteiger partial charge is 0.216 e. The van der Waals surface area contributed by atoms with Gasteiger partial charge < -0.3 is 0 Å². The number of fused-ring (bicyclic) bond motifs is 6. The fourth-order valence-corrected chi connectivity index (χ4v) is 7.32. The molecule has 1 aliphatic carbocycles. The monoisotopic (exact) mass is 489 g/mol. The zero-order valence-corrected chi connectivity index (χ0v) is 22.6. The molecule has 1 saturated carbocycles. The molecule has 3 heterocycles. The molecule has 4 aromatic rings. The van der Waals surface area contributed by atoms with E-state index in [4.69, 9.17) is 0 Å². The third kappa shape index (κ3) is 3.24. The molecule has 6 rings (SSSR count). The van der Waals surface area contributed by atoms with Gasteiger partial charge in [0.15, 0.2) is 11.7 Å². The van der Waals surface area contributed by atoms with Crippen LogP contribution in [-0.2, 0) is 17.4 Å². The number of hydrogen-bond donors (Lipinski definition) is 0. The fraction of sp³-hybridized carbons (Fsp3) is 0.364. The topological polar surface area (TPSA) is 34.6 Å². The van der Waals surface area contributed by atoms with E-state index in [0.29, 0.717) is 0 Å². The van der Waals surface area contributed by atoms with E-state index in [-0.39, 0.29) is 11.0 Å². The summed E-state index contributed by atoms with van der Waals surface area (Å²) in [6.45, 7) is 13.7. The van der Waals surface area contributed by atoms with Gasteiger partial charge in [0.25, 0.3) is 0 Å². The summed E-state index contributed by atoms with van der Waals surface area (Å²) in [5, 5.41) is 9.11. The molecule has 4 heteroatoms. The van der Waals surface area contributed by atoms with Crippen molar-refractivity contribution in [3.8, 4) is 28.2 Å². The van der Waals surface area contributed by atoms with Gasteiger partial charge in [-0.3, -0.25) is 0 Å². The molecule has 37 heavy (non-hydrogen) atoms. The highest BCUT2D eigenvalue weighted by Gasteiger charge is 2.70. The first kappa shape index (κ1) is 23.8. The molecule has 2 atom stereocenters. The summed E-state index contributed by atoms with van der Waals surface area (Å²) in [6.07, 6.45) is 11.0. The van der Waals surface area contributed by atoms with Crippen LogP contribution >= 0.6 is 0 Å². The third-order valence-electron chi connectivity index (χ3n) is 9.19. The van der Waals surface area contributed by atoms with E-state index >= 15 is 0 Å². The SMILES string of the molecule is C=C1CC2(CC)[n+]3cccc(C)c3-c3cc(-n4cc(-c5cccc(CCCC)c5)nn4)ccc3C12CC. The molecule has 0 bridgehead atoms. The lowest BCUT2D eigenvalue weighted by molar-refractivity contribution is -0.777.